The molecule has 0 spiro atoms. The van der Waals surface area contributed by atoms with Gasteiger partial charge in [-0.1, -0.05) is 31.5 Å². The van der Waals surface area contributed by atoms with Gasteiger partial charge in [-0.05, 0) is 30.0 Å². The summed E-state index contributed by atoms with van der Waals surface area (Å²) in [5.41, 5.74) is 0.280. The Balaban J connectivity index is 1.73. The van der Waals surface area contributed by atoms with E-state index in [1.54, 1.807) is 10.6 Å². The summed E-state index contributed by atoms with van der Waals surface area (Å²) in [7, 11) is 0. The van der Waals surface area contributed by atoms with Crippen LogP contribution in [0.2, 0.25) is 0 Å². The number of fused-ring (bicyclic) bond motifs is 3. The molecule has 3 aromatic heterocycles. The van der Waals surface area contributed by atoms with Gasteiger partial charge in [-0.25, -0.2) is 13.9 Å². The summed E-state index contributed by atoms with van der Waals surface area (Å²) < 4.78 is 10.8. The maximum atomic E-state index is 12.9. The average Bonchev–Trinajstić information content (AvgIpc) is 3.28. The Hall–Kier alpha value is -2.87. The van der Waals surface area contributed by atoms with Gasteiger partial charge in [0.2, 0.25) is 5.78 Å². The molecule has 0 amide bonds. The molecule has 8 heteroatoms. The van der Waals surface area contributed by atoms with Gasteiger partial charge in [0, 0.05) is 6.54 Å². The number of unbranched alkanes of at least 4 members (excludes halogenated alkanes) is 1. The van der Waals surface area contributed by atoms with E-state index in [0.717, 1.165) is 18.6 Å². The molecule has 0 radical (unpaired) electrons. The number of aryl methyl sites for hydroxylation is 1. The summed E-state index contributed by atoms with van der Waals surface area (Å²) in [6, 6.07) is 11.2. The lowest BCUT2D eigenvalue weighted by molar-refractivity contribution is 0.289. The first-order valence-corrected chi connectivity index (χ1v) is 9.86. The second-order valence-corrected chi connectivity index (χ2v) is 7.16. The molecule has 1 aromatic carbocycles. The zero-order valence-electron chi connectivity index (χ0n) is 15.0. The number of thiophene rings is 1. The summed E-state index contributed by atoms with van der Waals surface area (Å²) in [5, 5.41) is 6.27. The van der Waals surface area contributed by atoms with Gasteiger partial charge in [0.1, 0.15) is 17.1 Å². The Morgan fingerprint density at radius 1 is 1.11 bits per heavy atom. The Bertz CT molecular complexity index is 1190. The first-order valence-electron chi connectivity index (χ1n) is 8.98. The smallest absolute Gasteiger partial charge is 0.352 e. The van der Waals surface area contributed by atoms with Crippen molar-refractivity contribution in [2.75, 3.05) is 6.61 Å². The molecule has 0 saturated heterocycles. The van der Waals surface area contributed by atoms with E-state index in [1.165, 1.54) is 20.4 Å². The third kappa shape index (κ3) is 3.16. The van der Waals surface area contributed by atoms with Crippen molar-refractivity contribution < 1.29 is 4.74 Å². The summed E-state index contributed by atoms with van der Waals surface area (Å²) in [6.07, 6.45) is 1.81. The lowest BCUT2D eigenvalue weighted by Crippen LogP contribution is -2.26. The number of hydrogen-bond donors (Lipinski definition) is 0. The van der Waals surface area contributed by atoms with Crippen molar-refractivity contribution in [3.63, 3.8) is 0 Å². The predicted octanol–water partition coefficient (Wildman–Crippen LogP) is 2.75. The number of rotatable bonds is 7. The molecule has 0 bridgehead atoms. The van der Waals surface area contributed by atoms with E-state index in [-0.39, 0.29) is 11.2 Å². The second-order valence-electron chi connectivity index (χ2n) is 6.25. The molecule has 0 fully saturated rings. The monoisotopic (exact) mass is 384 g/mol. The Morgan fingerprint density at radius 2 is 1.93 bits per heavy atom. The van der Waals surface area contributed by atoms with Gasteiger partial charge in [0.25, 0.3) is 5.56 Å². The van der Waals surface area contributed by atoms with Gasteiger partial charge in [-0.3, -0.25) is 9.36 Å². The van der Waals surface area contributed by atoms with Crippen molar-refractivity contribution in [3.05, 3.63) is 62.6 Å². The van der Waals surface area contributed by atoms with Crippen LogP contribution in [0.3, 0.4) is 0 Å². The highest BCUT2D eigenvalue weighted by Gasteiger charge is 2.17. The topological polar surface area (TPSA) is 70.5 Å². The summed E-state index contributed by atoms with van der Waals surface area (Å²) in [5.74, 6) is 1.14. The van der Waals surface area contributed by atoms with Crippen LogP contribution in [0.1, 0.15) is 19.8 Å². The molecule has 0 saturated carbocycles. The maximum Gasteiger partial charge on any atom is 0.352 e. The van der Waals surface area contributed by atoms with Crippen LogP contribution < -0.4 is 16.0 Å². The van der Waals surface area contributed by atoms with Crippen LogP contribution >= 0.6 is 11.3 Å². The third-order valence-corrected chi connectivity index (χ3v) is 5.33. The van der Waals surface area contributed by atoms with E-state index in [4.69, 9.17) is 4.74 Å². The Kier molecular flexibility index (Phi) is 4.81. The first kappa shape index (κ1) is 17.5. The number of benzene rings is 1. The Labute approximate surface area is 159 Å². The minimum Gasteiger partial charge on any atom is -0.492 e. The van der Waals surface area contributed by atoms with E-state index in [2.05, 4.69) is 12.0 Å². The lowest BCUT2D eigenvalue weighted by Gasteiger charge is -2.06. The quantitative estimate of drug-likeness (QED) is 0.491. The maximum absolute atomic E-state index is 12.9. The molecule has 7 nitrogen and oxygen atoms in total. The van der Waals surface area contributed by atoms with Crippen molar-refractivity contribution in [2.24, 2.45) is 0 Å². The Morgan fingerprint density at radius 3 is 2.70 bits per heavy atom. The second kappa shape index (κ2) is 7.40. The fourth-order valence-electron chi connectivity index (χ4n) is 3.06. The molecule has 0 aliphatic heterocycles. The van der Waals surface area contributed by atoms with E-state index < -0.39 is 0 Å². The fraction of sp³-hybridized carbons (Fsp3) is 0.316. The normalized spacial score (nSPS) is 11.4. The molecule has 0 atom stereocenters. The summed E-state index contributed by atoms with van der Waals surface area (Å²) >= 11 is 1.35. The van der Waals surface area contributed by atoms with Crippen molar-refractivity contribution in [3.8, 4) is 5.75 Å². The minimum atomic E-state index is -0.254. The molecule has 4 aromatic rings. The highest BCUT2D eigenvalue weighted by molar-refractivity contribution is 7.17. The molecular weight excluding hydrogens is 364 g/mol. The SMILES string of the molecule is CCCCn1c(=O)c2sccc2n2c(=O)n(CCOc3ccccc3)nc12. The van der Waals surface area contributed by atoms with E-state index >= 15 is 0 Å². The van der Waals surface area contributed by atoms with Crippen LogP contribution in [0.15, 0.2) is 51.4 Å². The highest BCUT2D eigenvalue weighted by atomic mass is 32.1. The molecule has 4 rings (SSSR count). The van der Waals surface area contributed by atoms with Gasteiger partial charge in [0.15, 0.2) is 0 Å². The van der Waals surface area contributed by atoms with Crippen LogP contribution in [0.4, 0.5) is 0 Å². The standard InChI is InChI=1S/C19H20N4O3S/c1-2-3-10-21-17(24)16-15(9-13-27-16)23-18(21)20-22(19(23)25)11-12-26-14-7-5-4-6-8-14/h4-9,13H,2-3,10-12H2,1H3. The molecular formula is C19H20N4O3S. The van der Waals surface area contributed by atoms with E-state index in [0.29, 0.717) is 35.7 Å². The molecule has 27 heavy (non-hydrogen) atoms. The van der Waals surface area contributed by atoms with Gasteiger partial charge >= 0.3 is 5.69 Å². The number of ether oxygens (including phenoxy) is 1. The van der Waals surface area contributed by atoms with E-state index in [1.807, 2.05) is 35.7 Å². The predicted molar refractivity (Wildman–Crippen MR) is 106 cm³/mol. The molecule has 0 unspecified atom stereocenters. The van der Waals surface area contributed by atoms with Gasteiger partial charge < -0.3 is 4.74 Å². The van der Waals surface area contributed by atoms with Crippen LogP contribution in [0.25, 0.3) is 16.0 Å². The number of hydrogen-bond acceptors (Lipinski definition) is 5. The van der Waals surface area contributed by atoms with Crippen LogP contribution in [-0.4, -0.2) is 25.4 Å². The third-order valence-electron chi connectivity index (χ3n) is 4.44. The zero-order valence-corrected chi connectivity index (χ0v) is 15.8. The molecule has 0 aliphatic carbocycles. The number of aromatic nitrogens is 4. The minimum absolute atomic E-state index is 0.0846. The van der Waals surface area contributed by atoms with Gasteiger partial charge in [-0.15, -0.1) is 16.4 Å². The number of para-hydroxylation sites is 1. The van der Waals surface area contributed by atoms with Crippen LogP contribution in [0.5, 0.6) is 5.75 Å². The number of nitrogens with zero attached hydrogens (tertiary/aromatic N) is 4. The van der Waals surface area contributed by atoms with E-state index in [9.17, 15) is 9.59 Å². The molecule has 0 aliphatic rings. The first-order chi connectivity index (χ1) is 13.2. The van der Waals surface area contributed by atoms with Gasteiger partial charge in [-0.2, -0.15) is 0 Å². The van der Waals surface area contributed by atoms with Crippen molar-refractivity contribution in [1.29, 1.82) is 0 Å². The molecule has 3 heterocycles. The van der Waals surface area contributed by atoms with Crippen LogP contribution in [-0.2, 0) is 13.1 Å². The highest BCUT2D eigenvalue weighted by Crippen LogP contribution is 2.17. The van der Waals surface area contributed by atoms with Crippen molar-refractivity contribution in [1.82, 2.24) is 18.7 Å². The summed E-state index contributed by atoms with van der Waals surface area (Å²) in [4.78, 5) is 25.7. The molecule has 140 valence electrons. The van der Waals surface area contributed by atoms with Crippen LogP contribution in [0, 0.1) is 0 Å². The average molecular weight is 384 g/mol. The molecule has 0 N–H and O–H groups in total. The largest absolute Gasteiger partial charge is 0.492 e. The lowest BCUT2D eigenvalue weighted by atomic mass is 10.3. The van der Waals surface area contributed by atoms with Crippen molar-refractivity contribution in [2.45, 2.75) is 32.9 Å². The van der Waals surface area contributed by atoms with Gasteiger partial charge in [0.05, 0.1) is 12.1 Å². The summed E-state index contributed by atoms with van der Waals surface area (Å²) in [6.45, 7) is 3.24. The van der Waals surface area contributed by atoms with Crippen molar-refractivity contribution >= 4 is 27.3 Å². The fourth-order valence-corrected chi connectivity index (χ4v) is 3.89. The zero-order chi connectivity index (χ0) is 18.8.